The maximum atomic E-state index is 13.5. The number of aromatic nitrogens is 1. The van der Waals surface area contributed by atoms with Gasteiger partial charge in [0.05, 0.1) is 11.6 Å². The lowest BCUT2D eigenvalue weighted by atomic mass is 9.52. The van der Waals surface area contributed by atoms with Crippen LogP contribution in [0, 0.1) is 10.8 Å². The largest absolute Gasteiger partial charge is 0.481 e. The third kappa shape index (κ3) is 5.03. The maximum Gasteiger partial charge on any atom is 0.312 e. The molecule has 236 valence electrons. The molecular weight excluding hydrogens is 568 g/mol. The number of rotatable bonds is 9. The van der Waals surface area contributed by atoms with E-state index in [-0.39, 0.29) is 11.8 Å². The van der Waals surface area contributed by atoms with Gasteiger partial charge in [-0.2, -0.15) is 0 Å². The Morgan fingerprint density at radius 1 is 0.956 bits per heavy atom. The lowest BCUT2D eigenvalue weighted by Crippen LogP contribution is -2.72. The van der Waals surface area contributed by atoms with Crippen molar-refractivity contribution in [2.45, 2.75) is 63.1 Å². The topological polar surface area (TPSA) is 142 Å². The summed E-state index contributed by atoms with van der Waals surface area (Å²) in [6.45, 7) is 5.81. The number of nitrogens with zero attached hydrogens (tertiary/aromatic N) is 2. The molecule has 9 nitrogen and oxygen atoms in total. The maximum absolute atomic E-state index is 13.5. The number of nitrogens with one attached hydrogen (secondary N) is 1. The van der Waals surface area contributed by atoms with Crippen LogP contribution < -0.4 is 11.1 Å². The van der Waals surface area contributed by atoms with Gasteiger partial charge in [0.2, 0.25) is 0 Å². The van der Waals surface area contributed by atoms with Crippen LogP contribution in [0.2, 0.25) is 0 Å². The molecule has 0 aliphatic carbocycles. The van der Waals surface area contributed by atoms with Gasteiger partial charge in [0.15, 0.2) is 12.0 Å². The quantitative estimate of drug-likeness (QED) is 0.201. The molecule has 5 unspecified atom stereocenters. The van der Waals surface area contributed by atoms with Crippen molar-refractivity contribution in [1.82, 2.24) is 15.2 Å². The van der Waals surface area contributed by atoms with E-state index in [2.05, 4.69) is 75.9 Å². The van der Waals surface area contributed by atoms with Crippen LogP contribution in [0.25, 0.3) is 11.1 Å². The number of piperidine rings is 2. The fourth-order valence-electron chi connectivity index (χ4n) is 8.34. The number of oxazole rings is 1. The van der Waals surface area contributed by atoms with Gasteiger partial charge in [-0.1, -0.05) is 72.8 Å². The number of benzene rings is 3. The molecule has 6 rings (SSSR count). The first-order valence-corrected chi connectivity index (χ1v) is 15.8. The van der Waals surface area contributed by atoms with Crippen molar-refractivity contribution >= 4 is 23.0 Å². The molecule has 0 spiro atoms. The van der Waals surface area contributed by atoms with Gasteiger partial charge in [-0.15, -0.1) is 0 Å². The molecule has 2 saturated heterocycles. The fraction of sp³-hybridized carbons (Fsp3) is 0.417. The second-order valence-electron chi connectivity index (χ2n) is 13.0. The summed E-state index contributed by atoms with van der Waals surface area (Å²) in [6.07, 6.45) is 3.08. The molecule has 3 heterocycles. The summed E-state index contributed by atoms with van der Waals surface area (Å²) in [7, 11) is 0. The van der Waals surface area contributed by atoms with Gasteiger partial charge in [0, 0.05) is 17.4 Å². The second kappa shape index (κ2) is 12.0. The van der Waals surface area contributed by atoms with Crippen LogP contribution in [-0.2, 0) is 15.0 Å². The number of nitrogens with two attached hydrogens (primary N) is 1. The number of carboxylic acids is 2. The number of carbonyl (C=O) groups is 2. The second-order valence-corrected chi connectivity index (χ2v) is 13.0. The van der Waals surface area contributed by atoms with Gasteiger partial charge < -0.3 is 25.3 Å². The highest BCUT2D eigenvalue weighted by atomic mass is 16.4. The predicted molar refractivity (Wildman–Crippen MR) is 172 cm³/mol. The van der Waals surface area contributed by atoms with Crippen molar-refractivity contribution in [3.63, 3.8) is 0 Å². The van der Waals surface area contributed by atoms with Gasteiger partial charge >= 0.3 is 11.9 Å². The summed E-state index contributed by atoms with van der Waals surface area (Å²) in [4.78, 5) is 33.3. The van der Waals surface area contributed by atoms with Crippen molar-refractivity contribution in [1.29, 1.82) is 0 Å². The van der Waals surface area contributed by atoms with Crippen molar-refractivity contribution in [2.24, 2.45) is 16.6 Å². The van der Waals surface area contributed by atoms with E-state index in [1.165, 1.54) is 17.5 Å². The van der Waals surface area contributed by atoms with Gasteiger partial charge in [0.25, 0.3) is 0 Å². The van der Waals surface area contributed by atoms with E-state index in [0.29, 0.717) is 29.6 Å². The van der Waals surface area contributed by atoms with Gasteiger partial charge in [-0.3, -0.25) is 14.9 Å². The smallest absolute Gasteiger partial charge is 0.312 e. The summed E-state index contributed by atoms with van der Waals surface area (Å²) in [5, 5.41) is 24.8. The zero-order chi connectivity index (χ0) is 31.8. The fourth-order valence-corrected chi connectivity index (χ4v) is 8.34. The van der Waals surface area contributed by atoms with Gasteiger partial charge in [0.1, 0.15) is 10.9 Å². The molecule has 0 radical (unpaired) electrons. The highest BCUT2D eigenvalue weighted by molar-refractivity contribution is 5.87. The Bertz CT molecular complexity index is 1610. The van der Waals surface area contributed by atoms with E-state index in [9.17, 15) is 19.8 Å². The molecule has 2 aliphatic heterocycles. The Morgan fingerprint density at radius 2 is 1.58 bits per heavy atom. The molecule has 45 heavy (non-hydrogen) atoms. The minimum absolute atomic E-state index is 0.0794. The van der Waals surface area contributed by atoms with Crippen LogP contribution in [0.4, 0.5) is 0 Å². The Morgan fingerprint density at radius 3 is 2.16 bits per heavy atom. The molecule has 2 aliphatic rings. The molecular formula is C36H42N4O5. The molecule has 9 heteroatoms. The summed E-state index contributed by atoms with van der Waals surface area (Å²) in [5.74, 6) is -3.16. The first-order valence-electron chi connectivity index (χ1n) is 15.8. The first-order chi connectivity index (χ1) is 21.6. The molecule has 5 N–H and O–H groups in total. The van der Waals surface area contributed by atoms with Crippen molar-refractivity contribution < 1.29 is 24.2 Å². The molecule has 3 aromatic carbocycles. The third-order valence-electron chi connectivity index (χ3n) is 11.0. The lowest BCUT2D eigenvalue weighted by molar-refractivity contribution is -0.172. The molecule has 5 atom stereocenters. The predicted octanol–water partition coefficient (Wildman–Crippen LogP) is 5.21. The van der Waals surface area contributed by atoms with Crippen LogP contribution >= 0.6 is 0 Å². The van der Waals surface area contributed by atoms with E-state index in [1.54, 1.807) is 32.0 Å². The van der Waals surface area contributed by atoms with Crippen LogP contribution in [-0.4, -0.2) is 63.9 Å². The standard InChI is InChI=1S/C36H42N4O5/c1-24-36(33(43)44,30(34(2,32(41)42)31(37)39-24)27-15-9-16-28-29(27)38-23-45-28)17-10-20-40-21-18-35(19-22-40,25-11-5-3-6-12-25)26-13-7-4-8-14-26/h3-9,11-16,23-24,30-31,39H,10,17-22,37H2,1-2H3,(H,41,42)(H,43,44). The number of carboxylic acid groups (broad SMARTS) is 2. The number of fused-ring (bicyclic) bond motifs is 1. The Balaban J connectivity index is 1.28. The zero-order valence-electron chi connectivity index (χ0n) is 25.9. The summed E-state index contributed by atoms with van der Waals surface area (Å²) in [6, 6.07) is 26.1. The number of aliphatic carboxylic acids is 2. The number of hydrogen-bond acceptors (Lipinski definition) is 7. The number of likely N-dealkylation sites (tertiary alicyclic amines) is 1. The highest BCUT2D eigenvalue weighted by Gasteiger charge is 2.65. The van der Waals surface area contributed by atoms with E-state index >= 15 is 0 Å². The number of hydrogen-bond donors (Lipinski definition) is 4. The minimum atomic E-state index is -1.63. The van der Waals surface area contributed by atoms with Gasteiger partial charge in [-0.05, 0) is 81.9 Å². The lowest BCUT2D eigenvalue weighted by Gasteiger charge is -2.56. The zero-order valence-corrected chi connectivity index (χ0v) is 25.9. The molecule has 4 aromatic rings. The average Bonchev–Trinajstić information content (AvgIpc) is 3.54. The van der Waals surface area contributed by atoms with Crippen molar-refractivity contribution in [2.75, 3.05) is 19.6 Å². The Kier molecular flexibility index (Phi) is 8.28. The normalized spacial score (nSPS) is 28.6. The van der Waals surface area contributed by atoms with E-state index in [0.717, 1.165) is 25.9 Å². The first kappa shape index (κ1) is 31.0. The third-order valence-corrected chi connectivity index (χ3v) is 11.0. The monoisotopic (exact) mass is 610 g/mol. The molecule has 0 saturated carbocycles. The van der Waals surface area contributed by atoms with Crippen LogP contribution in [0.15, 0.2) is 89.7 Å². The van der Waals surface area contributed by atoms with Crippen LogP contribution in [0.1, 0.15) is 62.1 Å². The van der Waals surface area contributed by atoms with Crippen molar-refractivity contribution in [3.05, 3.63) is 102 Å². The number of para-hydroxylation sites is 1. The molecule has 2 fully saturated rings. The Hall–Kier alpha value is -4.05. The minimum Gasteiger partial charge on any atom is -0.481 e. The molecule has 0 bridgehead atoms. The SMILES string of the molecule is CC1NC(N)C(C)(C(=O)O)C(c2cccc3ocnc23)C1(CCCN1CCC(c2ccccc2)(c2ccccc2)CC1)C(=O)O. The summed E-state index contributed by atoms with van der Waals surface area (Å²) in [5.41, 5.74) is 7.44. The summed E-state index contributed by atoms with van der Waals surface area (Å²) < 4.78 is 5.54. The summed E-state index contributed by atoms with van der Waals surface area (Å²) >= 11 is 0. The van der Waals surface area contributed by atoms with Crippen molar-refractivity contribution in [3.8, 4) is 0 Å². The van der Waals surface area contributed by atoms with E-state index in [1.807, 2.05) is 0 Å². The molecule has 1 aromatic heterocycles. The average molecular weight is 611 g/mol. The van der Waals surface area contributed by atoms with E-state index < -0.39 is 40.9 Å². The van der Waals surface area contributed by atoms with Gasteiger partial charge in [-0.25, -0.2) is 4.98 Å². The van der Waals surface area contributed by atoms with Crippen LogP contribution in [0.3, 0.4) is 0 Å². The van der Waals surface area contributed by atoms with Crippen LogP contribution in [0.5, 0.6) is 0 Å². The van der Waals surface area contributed by atoms with E-state index in [4.69, 9.17) is 10.2 Å². The highest BCUT2D eigenvalue weighted by Crippen LogP contribution is 2.57. The molecule has 0 amide bonds. The Labute approximate surface area is 263 Å².